The molecule has 0 radical (unpaired) electrons. The number of hydrogen-bond donors (Lipinski definition) is 1. The number of rotatable bonds is 5. The molecule has 1 unspecified atom stereocenters. The minimum Gasteiger partial charge on any atom is -0.447 e. The van der Waals surface area contributed by atoms with E-state index in [2.05, 4.69) is 12.2 Å². The maximum absolute atomic E-state index is 11.5. The molecule has 0 aromatic heterocycles. The lowest BCUT2D eigenvalue weighted by Crippen LogP contribution is -2.23. The van der Waals surface area contributed by atoms with E-state index < -0.39 is 0 Å². The van der Waals surface area contributed by atoms with Crippen molar-refractivity contribution in [3.8, 4) is 0 Å². The standard InChI is InChI=1S/C15H20N2O2/c1-11(9-12-5-6-12)16-13-3-2-4-14(10-13)17-7-8-19-15(17)18/h2-4,10-12,16H,5-9H2,1H3. The largest absolute Gasteiger partial charge is 0.447 e. The van der Waals surface area contributed by atoms with Crippen LogP contribution < -0.4 is 10.2 Å². The average Bonchev–Trinajstić information content (AvgIpc) is 3.08. The summed E-state index contributed by atoms with van der Waals surface area (Å²) in [6.07, 6.45) is 3.75. The van der Waals surface area contributed by atoms with Crippen LogP contribution in [-0.2, 0) is 4.74 Å². The van der Waals surface area contributed by atoms with Crippen molar-refractivity contribution in [2.75, 3.05) is 23.4 Å². The Kier molecular flexibility index (Phi) is 3.32. The number of cyclic esters (lactones) is 1. The summed E-state index contributed by atoms with van der Waals surface area (Å²) >= 11 is 0. The fourth-order valence-corrected chi connectivity index (χ4v) is 2.59. The number of nitrogens with zero attached hydrogens (tertiary/aromatic N) is 1. The zero-order valence-electron chi connectivity index (χ0n) is 11.3. The van der Waals surface area contributed by atoms with Crippen LogP contribution in [0, 0.1) is 5.92 Å². The van der Waals surface area contributed by atoms with Crippen molar-refractivity contribution >= 4 is 17.5 Å². The molecule has 1 saturated carbocycles. The predicted molar refractivity (Wildman–Crippen MR) is 75.6 cm³/mol. The molecular weight excluding hydrogens is 240 g/mol. The second kappa shape index (κ2) is 5.11. The van der Waals surface area contributed by atoms with Crippen LogP contribution in [0.25, 0.3) is 0 Å². The second-order valence-electron chi connectivity index (χ2n) is 5.54. The summed E-state index contributed by atoms with van der Waals surface area (Å²) in [5.41, 5.74) is 1.98. The summed E-state index contributed by atoms with van der Waals surface area (Å²) in [5, 5.41) is 3.51. The van der Waals surface area contributed by atoms with E-state index in [0.717, 1.165) is 17.3 Å². The van der Waals surface area contributed by atoms with Gasteiger partial charge in [0, 0.05) is 17.4 Å². The van der Waals surface area contributed by atoms with Crippen molar-refractivity contribution < 1.29 is 9.53 Å². The van der Waals surface area contributed by atoms with E-state index in [9.17, 15) is 4.79 Å². The Morgan fingerprint density at radius 1 is 1.47 bits per heavy atom. The van der Waals surface area contributed by atoms with Crippen molar-refractivity contribution in [3.63, 3.8) is 0 Å². The van der Waals surface area contributed by atoms with Gasteiger partial charge in [0.05, 0.1) is 6.54 Å². The van der Waals surface area contributed by atoms with Crippen LogP contribution in [0.3, 0.4) is 0 Å². The van der Waals surface area contributed by atoms with Gasteiger partial charge in [-0.3, -0.25) is 4.90 Å². The summed E-state index contributed by atoms with van der Waals surface area (Å²) in [6, 6.07) is 8.48. The first-order chi connectivity index (χ1) is 9.22. The lowest BCUT2D eigenvalue weighted by Gasteiger charge is -2.18. The van der Waals surface area contributed by atoms with Crippen molar-refractivity contribution in [2.24, 2.45) is 5.92 Å². The Morgan fingerprint density at radius 2 is 2.32 bits per heavy atom. The molecule has 19 heavy (non-hydrogen) atoms. The van der Waals surface area contributed by atoms with Crippen LogP contribution in [0.15, 0.2) is 24.3 Å². The monoisotopic (exact) mass is 260 g/mol. The lowest BCUT2D eigenvalue weighted by atomic mass is 10.1. The van der Waals surface area contributed by atoms with Gasteiger partial charge in [-0.05, 0) is 37.5 Å². The fourth-order valence-electron chi connectivity index (χ4n) is 2.59. The molecule has 1 aliphatic heterocycles. The number of ether oxygens (including phenoxy) is 1. The van der Waals surface area contributed by atoms with Crippen LogP contribution in [0.2, 0.25) is 0 Å². The molecule has 4 nitrogen and oxygen atoms in total. The minimum atomic E-state index is -0.247. The highest BCUT2D eigenvalue weighted by atomic mass is 16.6. The maximum atomic E-state index is 11.5. The highest BCUT2D eigenvalue weighted by molar-refractivity contribution is 5.89. The Labute approximate surface area is 113 Å². The van der Waals surface area contributed by atoms with E-state index in [1.165, 1.54) is 19.3 Å². The number of anilines is 2. The van der Waals surface area contributed by atoms with Gasteiger partial charge in [0.2, 0.25) is 0 Å². The SMILES string of the molecule is CC(CC1CC1)Nc1cccc(N2CCOC2=O)c1. The maximum Gasteiger partial charge on any atom is 0.414 e. The average molecular weight is 260 g/mol. The Bertz CT molecular complexity index is 471. The highest BCUT2D eigenvalue weighted by Gasteiger charge is 2.25. The molecule has 3 rings (SSSR count). The normalized spacial score (nSPS) is 20.3. The molecule has 1 saturated heterocycles. The van der Waals surface area contributed by atoms with Gasteiger partial charge in [0.25, 0.3) is 0 Å². The molecule has 0 spiro atoms. The van der Waals surface area contributed by atoms with Gasteiger partial charge in [0.1, 0.15) is 6.61 Å². The van der Waals surface area contributed by atoms with E-state index >= 15 is 0 Å². The van der Waals surface area contributed by atoms with Crippen LogP contribution in [0.5, 0.6) is 0 Å². The topological polar surface area (TPSA) is 41.6 Å². The lowest BCUT2D eigenvalue weighted by molar-refractivity contribution is 0.181. The molecule has 1 aliphatic carbocycles. The van der Waals surface area contributed by atoms with Crippen LogP contribution in [0.4, 0.5) is 16.2 Å². The van der Waals surface area contributed by atoms with Crippen LogP contribution in [-0.4, -0.2) is 25.3 Å². The first-order valence-electron chi connectivity index (χ1n) is 7.03. The number of benzene rings is 1. The molecule has 1 atom stereocenters. The van der Waals surface area contributed by atoms with E-state index in [1.54, 1.807) is 4.90 Å². The summed E-state index contributed by atoms with van der Waals surface area (Å²) < 4.78 is 4.97. The zero-order valence-corrected chi connectivity index (χ0v) is 11.3. The number of carbonyl (C=O) groups excluding carboxylic acids is 1. The van der Waals surface area contributed by atoms with E-state index in [0.29, 0.717) is 19.2 Å². The summed E-state index contributed by atoms with van der Waals surface area (Å²) in [4.78, 5) is 13.2. The molecule has 1 amide bonds. The first-order valence-corrected chi connectivity index (χ1v) is 7.03. The van der Waals surface area contributed by atoms with E-state index in [1.807, 2.05) is 24.3 Å². The van der Waals surface area contributed by atoms with Gasteiger partial charge in [-0.25, -0.2) is 4.79 Å². The third kappa shape index (κ3) is 3.00. The zero-order chi connectivity index (χ0) is 13.2. The van der Waals surface area contributed by atoms with Gasteiger partial charge >= 0.3 is 6.09 Å². The Morgan fingerprint density at radius 3 is 3.00 bits per heavy atom. The molecule has 2 aliphatic rings. The number of carbonyl (C=O) groups is 1. The van der Waals surface area contributed by atoms with E-state index in [4.69, 9.17) is 4.74 Å². The van der Waals surface area contributed by atoms with Gasteiger partial charge < -0.3 is 10.1 Å². The number of amides is 1. The molecule has 1 aromatic rings. The molecular formula is C15H20N2O2. The molecule has 1 aromatic carbocycles. The third-order valence-corrected chi connectivity index (χ3v) is 3.72. The van der Waals surface area contributed by atoms with Gasteiger partial charge in [-0.2, -0.15) is 0 Å². The quantitative estimate of drug-likeness (QED) is 0.883. The highest BCUT2D eigenvalue weighted by Crippen LogP contribution is 2.34. The fraction of sp³-hybridized carbons (Fsp3) is 0.533. The number of hydrogen-bond acceptors (Lipinski definition) is 3. The Balaban J connectivity index is 1.66. The molecule has 102 valence electrons. The number of nitrogens with one attached hydrogen (secondary N) is 1. The van der Waals surface area contributed by atoms with Crippen molar-refractivity contribution in [3.05, 3.63) is 24.3 Å². The summed E-state index contributed by atoms with van der Waals surface area (Å²) in [5.74, 6) is 0.916. The smallest absolute Gasteiger partial charge is 0.414 e. The molecule has 4 heteroatoms. The second-order valence-corrected chi connectivity index (χ2v) is 5.54. The Hall–Kier alpha value is -1.71. The molecule has 0 bridgehead atoms. The van der Waals surface area contributed by atoms with Crippen LogP contribution >= 0.6 is 0 Å². The van der Waals surface area contributed by atoms with Gasteiger partial charge in [-0.1, -0.05) is 18.9 Å². The summed E-state index contributed by atoms with van der Waals surface area (Å²) in [7, 11) is 0. The third-order valence-electron chi connectivity index (χ3n) is 3.72. The van der Waals surface area contributed by atoms with Gasteiger partial charge in [-0.15, -0.1) is 0 Å². The minimum absolute atomic E-state index is 0.247. The first kappa shape index (κ1) is 12.3. The molecule has 2 fully saturated rings. The van der Waals surface area contributed by atoms with Crippen molar-refractivity contribution in [1.82, 2.24) is 0 Å². The van der Waals surface area contributed by atoms with Crippen LogP contribution in [0.1, 0.15) is 26.2 Å². The van der Waals surface area contributed by atoms with Crippen molar-refractivity contribution in [1.29, 1.82) is 0 Å². The van der Waals surface area contributed by atoms with E-state index in [-0.39, 0.29) is 6.09 Å². The predicted octanol–water partition coefficient (Wildman–Crippen LogP) is 3.24. The summed E-state index contributed by atoms with van der Waals surface area (Å²) in [6.45, 7) is 3.34. The van der Waals surface area contributed by atoms with Crippen molar-refractivity contribution in [2.45, 2.75) is 32.2 Å². The van der Waals surface area contributed by atoms with Gasteiger partial charge in [0.15, 0.2) is 0 Å². The molecule has 1 N–H and O–H groups in total. The molecule has 1 heterocycles.